The molecule has 122 valence electrons. The molecule has 4 heteroatoms. The molecule has 1 aliphatic heterocycles. The number of rotatable bonds is 3. The molecule has 2 aliphatic carbocycles. The van der Waals surface area contributed by atoms with Crippen molar-refractivity contribution in [2.24, 2.45) is 17.8 Å². The van der Waals surface area contributed by atoms with Crippen molar-refractivity contribution in [2.45, 2.75) is 12.8 Å². The van der Waals surface area contributed by atoms with Crippen molar-refractivity contribution in [3.63, 3.8) is 0 Å². The first kappa shape index (κ1) is 14.6. The van der Waals surface area contributed by atoms with Crippen LogP contribution in [0.4, 0.5) is 5.69 Å². The average Bonchev–Trinajstić information content (AvgIpc) is 3.25. The second-order valence-electron chi connectivity index (χ2n) is 6.90. The van der Waals surface area contributed by atoms with E-state index < -0.39 is 0 Å². The molecular weight excluding hydrogens is 288 g/mol. The van der Waals surface area contributed by atoms with Crippen LogP contribution in [-0.2, 0) is 4.79 Å². The number of benzene rings is 1. The fraction of sp³-hybridized carbons (Fsp3) is 0.526. The summed E-state index contributed by atoms with van der Waals surface area (Å²) in [6, 6.07) is 8.18. The summed E-state index contributed by atoms with van der Waals surface area (Å²) in [7, 11) is 1.68. The molecule has 1 amide bonds. The van der Waals surface area contributed by atoms with Gasteiger partial charge in [0.2, 0.25) is 5.91 Å². The third-order valence-electron chi connectivity index (χ3n) is 5.63. The SMILES string of the molecule is COc1ccc(N2CCN(C(=O)[C@H]3C[C@@H]4C=C[C@H]3C4)CC2)cc1. The summed E-state index contributed by atoms with van der Waals surface area (Å²) in [4.78, 5) is 17.2. The van der Waals surface area contributed by atoms with Crippen molar-refractivity contribution in [1.29, 1.82) is 0 Å². The number of anilines is 1. The molecule has 1 saturated heterocycles. The fourth-order valence-corrected chi connectivity index (χ4v) is 4.28. The first-order valence-corrected chi connectivity index (χ1v) is 8.60. The summed E-state index contributed by atoms with van der Waals surface area (Å²) in [6.45, 7) is 3.49. The maximum atomic E-state index is 12.8. The zero-order valence-electron chi connectivity index (χ0n) is 13.6. The number of fused-ring (bicyclic) bond motifs is 2. The highest BCUT2D eigenvalue weighted by Crippen LogP contribution is 2.44. The summed E-state index contributed by atoms with van der Waals surface area (Å²) in [5.41, 5.74) is 1.21. The molecule has 4 nitrogen and oxygen atoms in total. The Balaban J connectivity index is 1.35. The van der Waals surface area contributed by atoms with Crippen molar-refractivity contribution in [3.05, 3.63) is 36.4 Å². The van der Waals surface area contributed by atoms with Crippen LogP contribution in [0.15, 0.2) is 36.4 Å². The number of allylic oxidation sites excluding steroid dienone is 2. The van der Waals surface area contributed by atoms with Gasteiger partial charge in [-0.25, -0.2) is 0 Å². The summed E-state index contributed by atoms with van der Waals surface area (Å²) >= 11 is 0. The second-order valence-corrected chi connectivity index (χ2v) is 6.90. The van der Waals surface area contributed by atoms with E-state index in [0.717, 1.165) is 38.3 Å². The molecular formula is C19H24N2O2. The Kier molecular flexibility index (Phi) is 3.76. The second kappa shape index (κ2) is 5.91. The Morgan fingerprint density at radius 3 is 2.35 bits per heavy atom. The normalized spacial score (nSPS) is 29.2. The highest BCUT2D eigenvalue weighted by atomic mass is 16.5. The number of methoxy groups -OCH3 is 1. The third-order valence-corrected chi connectivity index (χ3v) is 5.63. The number of piperazine rings is 1. The molecule has 0 aromatic heterocycles. The van der Waals surface area contributed by atoms with Gasteiger partial charge in [-0.1, -0.05) is 12.2 Å². The molecule has 1 aromatic carbocycles. The lowest BCUT2D eigenvalue weighted by molar-refractivity contribution is -0.136. The van der Waals surface area contributed by atoms with Gasteiger partial charge in [-0.3, -0.25) is 4.79 Å². The van der Waals surface area contributed by atoms with E-state index in [1.54, 1.807) is 7.11 Å². The molecule has 2 bridgehead atoms. The van der Waals surface area contributed by atoms with Crippen molar-refractivity contribution in [1.82, 2.24) is 4.90 Å². The Hall–Kier alpha value is -1.97. The van der Waals surface area contributed by atoms with Crippen LogP contribution >= 0.6 is 0 Å². The summed E-state index contributed by atoms with van der Waals surface area (Å²) in [6.07, 6.45) is 6.83. The molecule has 4 rings (SSSR count). The number of nitrogens with zero attached hydrogens (tertiary/aromatic N) is 2. The lowest BCUT2D eigenvalue weighted by atomic mass is 9.92. The molecule has 1 aromatic rings. The lowest BCUT2D eigenvalue weighted by Crippen LogP contribution is -2.50. The molecule has 0 radical (unpaired) electrons. The minimum Gasteiger partial charge on any atom is -0.497 e. The molecule has 1 saturated carbocycles. The van der Waals surface area contributed by atoms with E-state index in [-0.39, 0.29) is 5.92 Å². The maximum absolute atomic E-state index is 12.8. The van der Waals surface area contributed by atoms with E-state index in [1.165, 1.54) is 12.1 Å². The predicted octanol–water partition coefficient (Wildman–Crippen LogP) is 2.56. The highest BCUT2D eigenvalue weighted by Gasteiger charge is 2.41. The van der Waals surface area contributed by atoms with E-state index in [1.807, 2.05) is 12.1 Å². The lowest BCUT2D eigenvalue weighted by Gasteiger charge is -2.38. The smallest absolute Gasteiger partial charge is 0.226 e. The average molecular weight is 312 g/mol. The van der Waals surface area contributed by atoms with Crippen LogP contribution in [0.25, 0.3) is 0 Å². The van der Waals surface area contributed by atoms with Gasteiger partial charge in [0.15, 0.2) is 0 Å². The molecule has 1 heterocycles. The van der Waals surface area contributed by atoms with Gasteiger partial charge in [-0.2, -0.15) is 0 Å². The van der Waals surface area contributed by atoms with Crippen molar-refractivity contribution < 1.29 is 9.53 Å². The molecule has 0 spiro atoms. The summed E-state index contributed by atoms with van der Waals surface area (Å²) < 4.78 is 5.21. The van der Waals surface area contributed by atoms with Gasteiger partial charge in [0.25, 0.3) is 0 Å². The molecule has 3 aliphatic rings. The number of amides is 1. The van der Waals surface area contributed by atoms with Gasteiger partial charge in [0.1, 0.15) is 5.75 Å². The topological polar surface area (TPSA) is 32.8 Å². The molecule has 3 atom stereocenters. The standard InChI is InChI=1S/C19H24N2O2/c1-23-17-6-4-16(5-7-17)20-8-10-21(11-9-20)19(22)18-13-14-2-3-15(18)12-14/h2-7,14-15,18H,8-13H2,1H3/t14-,15+,18+/m1/s1. The molecule has 0 N–H and O–H groups in total. The van der Waals surface area contributed by atoms with Crippen LogP contribution in [0.3, 0.4) is 0 Å². The van der Waals surface area contributed by atoms with E-state index in [4.69, 9.17) is 4.74 Å². The van der Waals surface area contributed by atoms with E-state index in [9.17, 15) is 4.79 Å². The van der Waals surface area contributed by atoms with Crippen LogP contribution in [0.2, 0.25) is 0 Å². The molecule has 23 heavy (non-hydrogen) atoms. The first-order chi connectivity index (χ1) is 11.2. The number of ether oxygens (including phenoxy) is 1. The third kappa shape index (κ3) is 2.71. The van der Waals surface area contributed by atoms with Crippen LogP contribution in [0, 0.1) is 17.8 Å². The Bertz CT molecular complexity index is 602. The Morgan fingerprint density at radius 2 is 1.78 bits per heavy atom. The number of hydrogen-bond acceptors (Lipinski definition) is 3. The van der Waals surface area contributed by atoms with Gasteiger partial charge >= 0.3 is 0 Å². The van der Waals surface area contributed by atoms with Crippen molar-refractivity contribution in [3.8, 4) is 5.75 Å². The van der Waals surface area contributed by atoms with E-state index in [0.29, 0.717) is 17.7 Å². The van der Waals surface area contributed by atoms with Gasteiger partial charge < -0.3 is 14.5 Å². The summed E-state index contributed by atoms with van der Waals surface area (Å²) in [5.74, 6) is 2.68. The molecule has 2 fully saturated rings. The summed E-state index contributed by atoms with van der Waals surface area (Å²) in [5, 5.41) is 0. The van der Waals surface area contributed by atoms with E-state index in [2.05, 4.69) is 34.1 Å². The van der Waals surface area contributed by atoms with Crippen LogP contribution in [-0.4, -0.2) is 44.1 Å². The fourth-order valence-electron chi connectivity index (χ4n) is 4.28. The largest absolute Gasteiger partial charge is 0.497 e. The van der Waals surface area contributed by atoms with Gasteiger partial charge in [-0.05, 0) is 48.9 Å². The van der Waals surface area contributed by atoms with Crippen LogP contribution < -0.4 is 9.64 Å². The minimum absolute atomic E-state index is 0.248. The van der Waals surface area contributed by atoms with Gasteiger partial charge in [0.05, 0.1) is 7.11 Å². The maximum Gasteiger partial charge on any atom is 0.226 e. The zero-order valence-corrected chi connectivity index (χ0v) is 13.6. The van der Waals surface area contributed by atoms with Crippen LogP contribution in [0.5, 0.6) is 5.75 Å². The highest BCUT2D eigenvalue weighted by molar-refractivity contribution is 5.80. The van der Waals surface area contributed by atoms with Gasteiger partial charge in [-0.15, -0.1) is 0 Å². The quantitative estimate of drug-likeness (QED) is 0.804. The number of hydrogen-bond donors (Lipinski definition) is 0. The number of carbonyl (C=O) groups excluding carboxylic acids is 1. The van der Waals surface area contributed by atoms with Gasteiger partial charge in [0, 0.05) is 37.8 Å². The van der Waals surface area contributed by atoms with Crippen LogP contribution in [0.1, 0.15) is 12.8 Å². The minimum atomic E-state index is 0.248. The Labute approximate surface area is 137 Å². The van der Waals surface area contributed by atoms with E-state index >= 15 is 0 Å². The number of carbonyl (C=O) groups is 1. The first-order valence-electron chi connectivity index (χ1n) is 8.60. The van der Waals surface area contributed by atoms with Crippen molar-refractivity contribution >= 4 is 11.6 Å². The monoisotopic (exact) mass is 312 g/mol. The zero-order chi connectivity index (χ0) is 15.8. The Morgan fingerprint density at radius 1 is 1.04 bits per heavy atom. The predicted molar refractivity (Wildman–Crippen MR) is 90.6 cm³/mol. The molecule has 0 unspecified atom stereocenters. The van der Waals surface area contributed by atoms with Crippen molar-refractivity contribution in [2.75, 3.05) is 38.2 Å².